The third-order valence-corrected chi connectivity index (χ3v) is 4.86. The van der Waals surface area contributed by atoms with E-state index in [0.29, 0.717) is 4.88 Å². The van der Waals surface area contributed by atoms with Crippen LogP contribution in [0.4, 0.5) is 0 Å². The number of amides is 1. The van der Waals surface area contributed by atoms with Crippen LogP contribution in [-0.2, 0) is 4.79 Å². The minimum absolute atomic E-state index is 0.0740. The van der Waals surface area contributed by atoms with Crippen LogP contribution in [0.2, 0.25) is 0 Å². The van der Waals surface area contributed by atoms with E-state index in [4.69, 9.17) is 5.11 Å². The van der Waals surface area contributed by atoms with Gasteiger partial charge in [0.25, 0.3) is 5.91 Å². The summed E-state index contributed by atoms with van der Waals surface area (Å²) in [5.41, 5.74) is 0. The van der Waals surface area contributed by atoms with Crippen molar-refractivity contribution in [1.82, 2.24) is 4.90 Å². The van der Waals surface area contributed by atoms with Crippen LogP contribution in [0, 0.1) is 5.92 Å². The van der Waals surface area contributed by atoms with E-state index in [1.165, 1.54) is 30.3 Å². The van der Waals surface area contributed by atoms with E-state index in [9.17, 15) is 9.59 Å². The van der Waals surface area contributed by atoms with Gasteiger partial charge >= 0.3 is 5.97 Å². The Morgan fingerprint density at radius 1 is 1.38 bits per heavy atom. The van der Waals surface area contributed by atoms with Gasteiger partial charge in [-0.15, -0.1) is 11.3 Å². The van der Waals surface area contributed by atoms with Crippen LogP contribution in [0.3, 0.4) is 0 Å². The molecule has 1 N–H and O–H groups in total. The molecule has 114 valence electrons. The van der Waals surface area contributed by atoms with Gasteiger partial charge in [-0.2, -0.15) is 0 Å². The van der Waals surface area contributed by atoms with Crippen molar-refractivity contribution in [2.45, 2.75) is 32.6 Å². The lowest BCUT2D eigenvalue weighted by atomic mass is 9.92. The van der Waals surface area contributed by atoms with Crippen LogP contribution >= 0.6 is 11.3 Å². The van der Waals surface area contributed by atoms with Gasteiger partial charge in [-0.25, -0.2) is 4.79 Å². The van der Waals surface area contributed by atoms with Crippen LogP contribution < -0.4 is 0 Å². The first-order valence-electron chi connectivity index (χ1n) is 7.40. The number of piperidine rings is 1. The van der Waals surface area contributed by atoms with Crippen LogP contribution in [0.5, 0.6) is 0 Å². The molecule has 2 rings (SSSR count). The number of carbonyl (C=O) groups excluding carboxylic acids is 1. The molecule has 1 aliphatic rings. The SMILES string of the molecule is CCCC1CCN(C(=O)c2ccc(C=CC(=O)O)s2)CC1. The summed E-state index contributed by atoms with van der Waals surface area (Å²) < 4.78 is 0. The fourth-order valence-electron chi connectivity index (χ4n) is 2.70. The zero-order chi connectivity index (χ0) is 15.2. The molecule has 1 saturated heterocycles. The first-order chi connectivity index (χ1) is 10.1. The van der Waals surface area contributed by atoms with Gasteiger partial charge < -0.3 is 10.0 Å². The molecule has 0 saturated carbocycles. The van der Waals surface area contributed by atoms with E-state index >= 15 is 0 Å². The zero-order valence-electron chi connectivity index (χ0n) is 12.2. The highest BCUT2D eigenvalue weighted by Gasteiger charge is 2.23. The first kappa shape index (κ1) is 15.8. The van der Waals surface area contributed by atoms with Crippen molar-refractivity contribution in [3.63, 3.8) is 0 Å². The van der Waals surface area contributed by atoms with Crippen molar-refractivity contribution in [2.24, 2.45) is 5.92 Å². The number of nitrogens with zero attached hydrogens (tertiary/aromatic N) is 1. The molecule has 0 bridgehead atoms. The number of thiophene rings is 1. The molecule has 4 nitrogen and oxygen atoms in total. The Hall–Kier alpha value is -1.62. The normalized spacial score (nSPS) is 16.5. The highest BCUT2D eigenvalue weighted by molar-refractivity contribution is 7.14. The Labute approximate surface area is 129 Å². The van der Waals surface area contributed by atoms with Gasteiger partial charge in [0.2, 0.25) is 0 Å². The van der Waals surface area contributed by atoms with E-state index in [-0.39, 0.29) is 5.91 Å². The molecule has 0 unspecified atom stereocenters. The fraction of sp³-hybridized carbons (Fsp3) is 0.500. The predicted molar refractivity (Wildman–Crippen MR) is 84.5 cm³/mol. The van der Waals surface area contributed by atoms with E-state index in [1.807, 2.05) is 4.90 Å². The Bertz CT molecular complexity index is 527. The van der Waals surface area contributed by atoms with Gasteiger partial charge in [-0.05, 0) is 37.0 Å². The quantitative estimate of drug-likeness (QED) is 0.847. The average molecular weight is 307 g/mol. The Morgan fingerprint density at radius 2 is 2.10 bits per heavy atom. The summed E-state index contributed by atoms with van der Waals surface area (Å²) in [5, 5.41) is 8.61. The zero-order valence-corrected chi connectivity index (χ0v) is 13.1. The minimum atomic E-state index is -0.978. The molecule has 0 radical (unpaired) electrons. The lowest BCUT2D eigenvalue weighted by Gasteiger charge is -2.31. The number of carboxylic acids is 1. The molecule has 1 aliphatic heterocycles. The lowest BCUT2D eigenvalue weighted by Crippen LogP contribution is -2.38. The molecule has 21 heavy (non-hydrogen) atoms. The number of carboxylic acid groups (broad SMARTS) is 1. The largest absolute Gasteiger partial charge is 0.478 e. The monoisotopic (exact) mass is 307 g/mol. The van der Waals surface area contributed by atoms with Gasteiger partial charge in [0.1, 0.15) is 0 Å². The summed E-state index contributed by atoms with van der Waals surface area (Å²) in [5.74, 6) is -0.143. The smallest absolute Gasteiger partial charge is 0.328 e. The molecule has 2 heterocycles. The maximum Gasteiger partial charge on any atom is 0.328 e. The average Bonchev–Trinajstić information content (AvgIpc) is 2.94. The maximum atomic E-state index is 12.4. The molecule has 1 fully saturated rings. The molecule has 5 heteroatoms. The summed E-state index contributed by atoms with van der Waals surface area (Å²) in [4.78, 5) is 26.3. The molecule has 1 amide bonds. The Kier molecular flexibility index (Phi) is 5.56. The second kappa shape index (κ2) is 7.41. The summed E-state index contributed by atoms with van der Waals surface area (Å²) in [7, 11) is 0. The number of hydrogen-bond donors (Lipinski definition) is 1. The van der Waals surface area contributed by atoms with Gasteiger partial charge in [-0.3, -0.25) is 4.79 Å². The second-order valence-corrected chi connectivity index (χ2v) is 6.51. The molecule has 1 aromatic rings. The number of carbonyl (C=O) groups is 2. The fourth-order valence-corrected chi connectivity index (χ4v) is 3.58. The molecule has 0 spiro atoms. The lowest BCUT2D eigenvalue weighted by molar-refractivity contribution is -0.131. The standard InChI is InChI=1S/C16H21NO3S/c1-2-3-12-8-10-17(11-9-12)16(20)14-6-4-13(21-14)5-7-15(18)19/h4-7,12H,2-3,8-11H2,1H3,(H,18,19). The number of rotatable bonds is 5. The van der Waals surface area contributed by atoms with Crippen molar-refractivity contribution >= 4 is 29.3 Å². The van der Waals surface area contributed by atoms with Crippen LogP contribution in [0.25, 0.3) is 6.08 Å². The number of likely N-dealkylation sites (tertiary alicyclic amines) is 1. The Morgan fingerprint density at radius 3 is 2.71 bits per heavy atom. The van der Waals surface area contributed by atoms with Crippen molar-refractivity contribution in [1.29, 1.82) is 0 Å². The Balaban J connectivity index is 1.93. The molecule has 0 aliphatic carbocycles. The van der Waals surface area contributed by atoms with E-state index in [2.05, 4.69) is 6.92 Å². The van der Waals surface area contributed by atoms with Crippen molar-refractivity contribution < 1.29 is 14.7 Å². The van der Waals surface area contributed by atoms with Crippen LogP contribution in [0.15, 0.2) is 18.2 Å². The predicted octanol–water partition coefficient (Wildman–Crippen LogP) is 3.50. The molecule has 0 aromatic carbocycles. The van der Waals surface area contributed by atoms with Crippen molar-refractivity contribution in [3.8, 4) is 0 Å². The van der Waals surface area contributed by atoms with Crippen molar-refractivity contribution in [3.05, 3.63) is 28.0 Å². The van der Waals surface area contributed by atoms with Gasteiger partial charge in [-0.1, -0.05) is 19.8 Å². The van der Waals surface area contributed by atoms with E-state index in [0.717, 1.165) is 42.8 Å². The van der Waals surface area contributed by atoms with Gasteiger partial charge in [0.15, 0.2) is 0 Å². The summed E-state index contributed by atoms with van der Waals surface area (Å²) in [6.45, 7) is 3.87. The minimum Gasteiger partial charge on any atom is -0.478 e. The summed E-state index contributed by atoms with van der Waals surface area (Å²) >= 11 is 1.35. The maximum absolute atomic E-state index is 12.4. The summed E-state index contributed by atoms with van der Waals surface area (Å²) in [6.07, 6.45) is 7.27. The van der Waals surface area contributed by atoms with E-state index < -0.39 is 5.97 Å². The van der Waals surface area contributed by atoms with Crippen molar-refractivity contribution in [2.75, 3.05) is 13.1 Å². The number of hydrogen-bond acceptors (Lipinski definition) is 3. The molecular weight excluding hydrogens is 286 g/mol. The summed E-state index contributed by atoms with van der Waals surface area (Å²) in [6, 6.07) is 3.58. The molecule has 0 atom stereocenters. The first-order valence-corrected chi connectivity index (χ1v) is 8.22. The van der Waals surface area contributed by atoms with E-state index in [1.54, 1.807) is 12.1 Å². The third kappa shape index (κ3) is 4.43. The number of aliphatic carboxylic acids is 1. The van der Waals surface area contributed by atoms with Gasteiger partial charge in [0.05, 0.1) is 4.88 Å². The topological polar surface area (TPSA) is 57.6 Å². The molecule has 1 aromatic heterocycles. The van der Waals surface area contributed by atoms with Crippen LogP contribution in [0.1, 0.15) is 47.2 Å². The third-order valence-electron chi connectivity index (χ3n) is 3.83. The molecular formula is C16H21NO3S. The highest BCUT2D eigenvalue weighted by Crippen LogP contribution is 2.25. The second-order valence-electron chi connectivity index (χ2n) is 5.40. The van der Waals surface area contributed by atoms with Gasteiger partial charge in [0, 0.05) is 24.0 Å². The highest BCUT2D eigenvalue weighted by atomic mass is 32.1. The van der Waals surface area contributed by atoms with Crippen LogP contribution in [-0.4, -0.2) is 35.0 Å².